The topological polar surface area (TPSA) is 71.3 Å². The van der Waals surface area contributed by atoms with Gasteiger partial charge in [-0.05, 0) is 48.7 Å². The third kappa shape index (κ3) is 4.87. The van der Waals surface area contributed by atoms with Crippen LogP contribution in [0.2, 0.25) is 0 Å². The highest BCUT2D eigenvalue weighted by atomic mass is 16.5. The molecule has 5 heteroatoms. The van der Waals surface area contributed by atoms with Crippen LogP contribution in [-0.4, -0.2) is 19.6 Å². The van der Waals surface area contributed by atoms with Crippen molar-refractivity contribution in [2.24, 2.45) is 0 Å². The van der Waals surface area contributed by atoms with E-state index < -0.39 is 5.91 Å². The summed E-state index contributed by atoms with van der Waals surface area (Å²) >= 11 is 0. The molecule has 0 unspecified atom stereocenters. The van der Waals surface area contributed by atoms with E-state index in [0.717, 1.165) is 12.0 Å². The standard InChI is InChI=1S/C21H22N2O3/c1-4-11-26-20-13-16(9-10-19(20)25-3)12-17(14-22)21(24)23-18-8-6-5-7-15(18)2/h5-10,12-13H,4,11H2,1-3H3,(H,23,24)/b17-12+. The monoisotopic (exact) mass is 350 g/mol. The Bertz CT molecular complexity index is 851. The summed E-state index contributed by atoms with van der Waals surface area (Å²) in [7, 11) is 1.57. The van der Waals surface area contributed by atoms with Gasteiger partial charge in [-0.15, -0.1) is 0 Å². The van der Waals surface area contributed by atoms with Gasteiger partial charge in [-0.25, -0.2) is 0 Å². The van der Waals surface area contributed by atoms with E-state index in [1.807, 2.05) is 38.1 Å². The molecule has 0 fully saturated rings. The molecule has 0 aromatic heterocycles. The predicted molar refractivity (Wildman–Crippen MR) is 102 cm³/mol. The van der Waals surface area contributed by atoms with Gasteiger partial charge in [0.25, 0.3) is 5.91 Å². The lowest BCUT2D eigenvalue weighted by molar-refractivity contribution is -0.112. The number of ether oxygens (including phenoxy) is 2. The molecule has 1 N–H and O–H groups in total. The van der Waals surface area contributed by atoms with Gasteiger partial charge < -0.3 is 14.8 Å². The van der Waals surface area contributed by atoms with Crippen LogP contribution in [0, 0.1) is 18.3 Å². The number of nitriles is 1. The number of rotatable bonds is 7. The van der Waals surface area contributed by atoms with Crippen LogP contribution < -0.4 is 14.8 Å². The zero-order valence-electron chi connectivity index (χ0n) is 15.2. The van der Waals surface area contributed by atoms with Gasteiger partial charge in [0.1, 0.15) is 11.6 Å². The molecule has 0 atom stereocenters. The lowest BCUT2D eigenvalue weighted by Gasteiger charge is -2.11. The van der Waals surface area contributed by atoms with Crippen molar-refractivity contribution in [2.75, 3.05) is 19.0 Å². The first-order valence-corrected chi connectivity index (χ1v) is 8.38. The fourth-order valence-corrected chi connectivity index (χ4v) is 2.33. The van der Waals surface area contributed by atoms with E-state index in [1.54, 1.807) is 31.4 Å². The van der Waals surface area contributed by atoms with Gasteiger partial charge in [0, 0.05) is 5.69 Å². The molecule has 0 spiro atoms. The van der Waals surface area contributed by atoms with Gasteiger partial charge in [0.15, 0.2) is 11.5 Å². The van der Waals surface area contributed by atoms with E-state index >= 15 is 0 Å². The van der Waals surface area contributed by atoms with Gasteiger partial charge in [0.05, 0.1) is 13.7 Å². The van der Waals surface area contributed by atoms with Crippen LogP contribution in [0.3, 0.4) is 0 Å². The second kappa shape index (κ2) is 9.28. The Morgan fingerprint density at radius 1 is 1.23 bits per heavy atom. The number of anilines is 1. The van der Waals surface area contributed by atoms with Gasteiger partial charge in [-0.2, -0.15) is 5.26 Å². The Labute approximate surface area is 153 Å². The van der Waals surface area contributed by atoms with Crippen molar-refractivity contribution < 1.29 is 14.3 Å². The van der Waals surface area contributed by atoms with Gasteiger partial charge in [-0.1, -0.05) is 31.2 Å². The number of carbonyl (C=O) groups is 1. The van der Waals surface area contributed by atoms with E-state index in [9.17, 15) is 10.1 Å². The van der Waals surface area contributed by atoms with Crippen LogP contribution in [0.25, 0.3) is 6.08 Å². The van der Waals surface area contributed by atoms with Crippen molar-refractivity contribution in [2.45, 2.75) is 20.3 Å². The number of para-hydroxylation sites is 1. The summed E-state index contributed by atoms with van der Waals surface area (Å²) in [5, 5.41) is 12.1. The average Bonchev–Trinajstić information content (AvgIpc) is 2.66. The van der Waals surface area contributed by atoms with Crippen LogP contribution >= 0.6 is 0 Å². The number of carbonyl (C=O) groups excluding carboxylic acids is 1. The minimum absolute atomic E-state index is 0.0138. The normalized spacial score (nSPS) is 10.8. The molecule has 1 amide bonds. The highest BCUT2D eigenvalue weighted by Crippen LogP contribution is 2.29. The van der Waals surface area contributed by atoms with E-state index in [2.05, 4.69) is 5.32 Å². The number of benzene rings is 2. The van der Waals surface area contributed by atoms with E-state index in [4.69, 9.17) is 9.47 Å². The fourth-order valence-electron chi connectivity index (χ4n) is 2.33. The highest BCUT2D eigenvalue weighted by Gasteiger charge is 2.12. The quantitative estimate of drug-likeness (QED) is 0.596. The highest BCUT2D eigenvalue weighted by molar-refractivity contribution is 6.10. The maximum absolute atomic E-state index is 12.4. The minimum atomic E-state index is -0.450. The van der Waals surface area contributed by atoms with E-state index in [1.165, 1.54) is 6.08 Å². The second-order valence-corrected chi connectivity index (χ2v) is 5.70. The van der Waals surface area contributed by atoms with E-state index in [0.29, 0.717) is 29.4 Å². The molecule has 0 aliphatic carbocycles. The number of hydrogen-bond donors (Lipinski definition) is 1. The van der Waals surface area contributed by atoms with E-state index in [-0.39, 0.29) is 5.57 Å². The van der Waals surface area contributed by atoms with Crippen LogP contribution in [0.15, 0.2) is 48.0 Å². The molecule has 2 aromatic rings. The zero-order valence-corrected chi connectivity index (χ0v) is 15.2. The molecular weight excluding hydrogens is 328 g/mol. The first-order chi connectivity index (χ1) is 12.6. The molecule has 0 saturated carbocycles. The lowest BCUT2D eigenvalue weighted by atomic mass is 10.1. The Balaban J connectivity index is 2.26. The Morgan fingerprint density at radius 3 is 2.65 bits per heavy atom. The third-order valence-corrected chi connectivity index (χ3v) is 3.72. The maximum Gasteiger partial charge on any atom is 0.266 e. The van der Waals surface area contributed by atoms with Crippen molar-refractivity contribution in [1.82, 2.24) is 0 Å². The molecule has 2 aromatic carbocycles. The van der Waals surface area contributed by atoms with Crippen molar-refractivity contribution in [3.63, 3.8) is 0 Å². The summed E-state index contributed by atoms with van der Waals surface area (Å²) in [4.78, 5) is 12.4. The fraction of sp³-hybridized carbons (Fsp3) is 0.238. The Kier molecular flexibility index (Phi) is 6.81. The molecule has 0 saturated heterocycles. The first kappa shape index (κ1) is 19.1. The van der Waals surface area contributed by atoms with Crippen LogP contribution in [0.1, 0.15) is 24.5 Å². The number of amides is 1. The summed E-state index contributed by atoms with van der Waals surface area (Å²) < 4.78 is 10.9. The van der Waals surface area contributed by atoms with Crippen molar-refractivity contribution in [3.05, 3.63) is 59.2 Å². The Morgan fingerprint density at radius 2 is 2.00 bits per heavy atom. The third-order valence-electron chi connectivity index (χ3n) is 3.72. The number of methoxy groups -OCH3 is 1. The summed E-state index contributed by atoms with van der Waals surface area (Å²) in [5.41, 5.74) is 2.31. The molecule has 0 aliphatic heterocycles. The molecule has 0 radical (unpaired) electrons. The molecule has 0 bridgehead atoms. The summed E-state index contributed by atoms with van der Waals surface area (Å²) in [6.45, 7) is 4.47. The molecule has 134 valence electrons. The van der Waals surface area contributed by atoms with Gasteiger partial charge >= 0.3 is 0 Å². The molecule has 5 nitrogen and oxygen atoms in total. The van der Waals surface area contributed by atoms with Crippen molar-refractivity contribution >= 4 is 17.7 Å². The van der Waals surface area contributed by atoms with Gasteiger partial charge in [0.2, 0.25) is 0 Å². The van der Waals surface area contributed by atoms with Crippen LogP contribution in [0.5, 0.6) is 11.5 Å². The zero-order chi connectivity index (χ0) is 18.9. The second-order valence-electron chi connectivity index (χ2n) is 5.70. The molecule has 0 heterocycles. The van der Waals surface area contributed by atoms with Gasteiger partial charge in [-0.3, -0.25) is 4.79 Å². The molecule has 26 heavy (non-hydrogen) atoms. The Hall–Kier alpha value is -3.26. The number of aryl methyl sites for hydroxylation is 1. The first-order valence-electron chi connectivity index (χ1n) is 8.38. The maximum atomic E-state index is 12.4. The average molecular weight is 350 g/mol. The lowest BCUT2D eigenvalue weighted by Crippen LogP contribution is -2.14. The van der Waals surface area contributed by atoms with Crippen LogP contribution in [0.4, 0.5) is 5.69 Å². The summed E-state index contributed by atoms with van der Waals surface area (Å²) in [5.74, 6) is 0.742. The SMILES string of the molecule is CCCOc1cc(/C=C(\C#N)C(=O)Nc2ccccc2C)ccc1OC. The van der Waals surface area contributed by atoms with Crippen LogP contribution in [-0.2, 0) is 4.79 Å². The number of hydrogen-bond acceptors (Lipinski definition) is 4. The number of nitrogens with one attached hydrogen (secondary N) is 1. The molecular formula is C21H22N2O3. The minimum Gasteiger partial charge on any atom is -0.493 e. The predicted octanol–water partition coefficient (Wildman–Crippen LogP) is 4.34. The largest absolute Gasteiger partial charge is 0.493 e. The molecule has 2 rings (SSSR count). The summed E-state index contributed by atoms with van der Waals surface area (Å²) in [6.07, 6.45) is 2.40. The van der Waals surface area contributed by atoms with Crippen molar-refractivity contribution in [3.8, 4) is 17.6 Å². The summed E-state index contributed by atoms with van der Waals surface area (Å²) in [6, 6.07) is 14.7. The van der Waals surface area contributed by atoms with Crippen molar-refractivity contribution in [1.29, 1.82) is 5.26 Å². The molecule has 0 aliphatic rings. The number of nitrogens with zero attached hydrogens (tertiary/aromatic N) is 1. The smallest absolute Gasteiger partial charge is 0.266 e.